The second-order valence-electron chi connectivity index (χ2n) is 5.14. The number of aromatic carboxylic acids is 1. The molecule has 0 saturated carbocycles. The zero-order valence-electron chi connectivity index (χ0n) is 11.6. The van der Waals surface area contributed by atoms with Crippen LogP contribution in [0.2, 0.25) is 5.02 Å². The van der Waals surface area contributed by atoms with Crippen molar-refractivity contribution in [3.63, 3.8) is 0 Å². The molecule has 0 unspecified atom stereocenters. The molecule has 1 aliphatic rings. The van der Waals surface area contributed by atoms with Gasteiger partial charge in [-0.3, -0.25) is 4.79 Å². The molecule has 1 amide bonds. The Morgan fingerprint density at radius 2 is 2.05 bits per heavy atom. The molecule has 21 heavy (non-hydrogen) atoms. The number of nitrogens with one attached hydrogen (secondary N) is 1. The van der Waals surface area contributed by atoms with Gasteiger partial charge < -0.3 is 15.2 Å². The van der Waals surface area contributed by atoms with E-state index in [0.717, 1.165) is 32.5 Å². The lowest BCUT2D eigenvalue weighted by molar-refractivity contribution is -0.116. The van der Waals surface area contributed by atoms with Crippen LogP contribution in [-0.4, -0.2) is 30.2 Å². The van der Waals surface area contributed by atoms with E-state index in [0.29, 0.717) is 18.0 Å². The van der Waals surface area contributed by atoms with E-state index in [1.54, 1.807) is 6.07 Å². The molecule has 1 heterocycles. The SMILES string of the molecule is O=C(CCC1CCOCC1)Nc1ccc(C(=O)O)c(Cl)c1. The third-order valence-corrected chi connectivity index (χ3v) is 3.92. The van der Waals surface area contributed by atoms with Crippen molar-refractivity contribution < 1.29 is 19.4 Å². The maximum Gasteiger partial charge on any atom is 0.337 e. The summed E-state index contributed by atoms with van der Waals surface area (Å²) in [5.74, 6) is -0.625. The fraction of sp³-hybridized carbons (Fsp3) is 0.467. The van der Waals surface area contributed by atoms with Gasteiger partial charge >= 0.3 is 5.97 Å². The van der Waals surface area contributed by atoms with E-state index < -0.39 is 5.97 Å². The van der Waals surface area contributed by atoms with Crippen molar-refractivity contribution in [2.24, 2.45) is 5.92 Å². The van der Waals surface area contributed by atoms with Gasteiger partial charge in [-0.15, -0.1) is 0 Å². The molecule has 0 spiro atoms. The number of halogens is 1. The van der Waals surface area contributed by atoms with Crippen molar-refractivity contribution in [3.8, 4) is 0 Å². The Bertz CT molecular complexity index is 526. The third kappa shape index (κ3) is 4.72. The molecule has 114 valence electrons. The minimum absolute atomic E-state index is 0.0249. The summed E-state index contributed by atoms with van der Waals surface area (Å²) in [6, 6.07) is 4.39. The lowest BCUT2D eigenvalue weighted by Gasteiger charge is -2.21. The van der Waals surface area contributed by atoms with Crippen molar-refractivity contribution in [3.05, 3.63) is 28.8 Å². The minimum atomic E-state index is -1.09. The van der Waals surface area contributed by atoms with Crippen molar-refractivity contribution in [2.45, 2.75) is 25.7 Å². The van der Waals surface area contributed by atoms with Crippen LogP contribution in [0.15, 0.2) is 18.2 Å². The highest BCUT2D eigenvalue weighted by Crippen LogP contribution is 2.23. The molecule has 1 fully saturated rings. The summed E-state index contributed by atoms with van der Waals surface area (Å²) in [6.45, 7) is 1.55. The number of anilines is 1. The van der Waals surface area contributed by atoms with Crippen molar-refractivity contribution in [1.82, 2.24) is 0 Å². The second kappa shape index (κ2) is 7.43. The molecule has 1 aliphatic heterocycles. The number of hydrogen-bond donors (Lipinski definition) is 2. The van der Waals surface area contributed by atoms with Gasteiger partial charge in [0.1, 0.15) is 0 Å². The summed E-state index contributed by atoms with van der Waals surface area (Å²) in [4.78, 5) is 22.7. The molecule has 0 radical (unpaired) electrons. The minimum Gasteiger partial charge on any atom is -0.478 e. The predicted octanol–water partition coefficient (Wildman–Crippen LogP) is 3.18. The smallest absolute Gasteiger partial charge is 0.337 e. The number of ether oxygens (including phenoxy) is 1. The largest absolute Gasteiger partial charge is 0.478 e. The van der Waals surface area contributed by atoms with Crippen LogP contribution < -0.4 is 5.32 Å². The first-order valence-electron chi connectivity index (χ1n) is 6.96. The van der Waals surface area contributed by atoms with Crippen LogP contribution in [0.5, 0.6) is 0 Å². The van der Waals surface area contributed by atoms with Crippen LogP contribution in [0, 0.1) is 5.92 Å². The Balaban J connectivity index is 1.84. The maximum atomic E-state index is 11.9. The molecule has 6 heteroatoms. The number of carbonyl (C=O) groups is 2. The average molecular weight is 312 g/mol. The molecule has 0 bridgehead atoms. The monoisotopic (exact) mass is 311 g/mol. The average Bonchev–Trinajstić information content (AvgIpc) is 2.46. The number of carboxylic acids is 1. The maximum absolute atomic E-state index is 11.9. The van der Waals surface area contributed by atoms with Crippen molar-refractivity contribution in [1.29, 1.82) is 0 Å². The summed E-state index contributed by atoms with van der Waals surface area (Å²) >= 11 is 5.86. The fourth-order valence-corrected chi connectivity index (χ4v) is 2.62. The molecule has 0 aliphatic carbocycles. The van der Waals surface area contributed by atoms with Gasteiger partial charge in [0.25, 0.3) is 0 Å². The molecular formula is C15H18ClNO4. The Kier molecular flexibility index (Phi) is 5.59. The van der Waals surface area contributed by atoms with E-state index in [-0.39, 0.29) is 16.5 Å². The van der Waals surface area contributed by atoms with Gasteiger partial charge in [0.15, 0.2) is 0 Å². The van der Waals surface area contributed by atoms with E-state index in [1.165, 1.54) is 12.1 Å². The highest BCUT2D eigenvalue weighted by atomic mass is 35.5. The van der Waals surface area contributed by atoms with Gasteiger partial charge in [-0.1, -0.05) is 11.6 Å². The van der Waals surface area contributed by atoms with E-state index in [9.17, 15) is 9.59 Å². The molecular weight excluding hydrogens is 294 g/mol. The first-order chi connectivity index (χ1) is 10.1. The third-order valence-electron chi connectivity index (χ3n) is 3.60. The first kappa shape index (κ1) is 15.8. The number of carbonyl (C=O) groups excluding carboxylic acids is 1. The van der Waals surface area contributed by atoms with Crippen LogP contribution in [0.3, 0.4) is 0 Å². The topological polar surface area (TPSA) is 75.6 Å². The summed E-state index contributed by atoms with van der Waals surface area (Å²) in [5, 5.41) is 11.7. The number of hydrogen-bond acceptors (Lipinski definition) is 3. The first-order valence-corrected chi connectivity index (χ1v) is 7.34. The summed E-state index contributed by atoms with van der Waals surface area (Å²) in [6.07, 6.45) is 3.30. The van der Waals surface area contributed by atoms with Gasteiger partial charge in [-0.05, 0) is 43.4 Å². The highest BCUT2D eigenvalue weighted by molar-refractivity contribution is 6.33. The van der Waals surface area contributed by atoms with Crippen LogP contribution in [0.25, 0.3) is 0 Å². The molecule has 0 aromatic heterocycles. The van der Waals surface area contributed by atoms with Gasteiger partial charge in [0, 0.05) is 25.3 Å². The van der Waals surface area contributed by atoms with Crippen LogP contribution in [0.1, 0.15) is 36.0 Å². The molecule has 1 aromatic rings. The quantitative estimate of drug-likeness (QED) is 0.875. The lowest BCUT2D eigenvalue weighted by atomic mass is 9.95. The Hall–Kier alpha value is -1.59. The second-order valence-corrected chi connectivity index (χ2v) is 5.55. The molecule has 1 saturated heterocycles. The van der Waals surface area contributed by atoms with E-state index in [4.69, 9.17) is 21.4 Å². The summed E-state index contributed by atoms with van der Waals surface area (Å²) < 4.78 is 5.28. The summed E-state index contributed by atoms with van der Waals surface area (Å²) in [5.41, 5.74) is 0.541. The van der Waals surface area contributed by atoms with Crippen LogP contribution in [0.4, 0.5) is 5.69 Å². The standard InChI is InChI=1S/C15H18ClNO4/c16-13-9-11(2-3-12(13)15(19)20)17-14(18)4-1-10-5-7-21-8-6-10/h2-3,9-10H,1,4-8H2,(H,17,18)(H,19,20). The van der Waals surface area contributed by atoms with Crippen LogP contribution >= 0.6 is 11.6 Å². The Morgan fingerprint density at radius 1 is 1.33 bits per heavy atom. The zero-order chi connectivity index (χ0) is 15.2. The molecule has 2 rings (SSSR count). The Morgan fingerprint density at radius 3 is 2.67 bits per heavy atom. The predicted molar refractivity (Wildman–Crippen MR) is 79.8 cm³/mol. The van der Waals surface area contributed by atoms with E-state index in [2.05, 4.69) is 5.32 Å². The van der Waals surface area contributed by atoms with Crippen molar-refractivity contribution in [2.75, 3.05) is 18.5 Å². The highest BCUT2D eigenvalue weighted by Gasteiger charge is 2.15. The van der Waals surface area contributed by atoms with E-state index >= 15 is 0 Å². The zero-order valence-corrected chi connectivity index (χ0v) is 12.4. The van der Waals surface area contributed by atoms with Gasteiger partial charge in [0.2, 0.25) is 5.91 Å². The number of amides is 1. The number of rotatable bonds is 5. The molecule has 2 N–H and O–H groups in total. The van der Waals surface area contributed by atoms with Crippen LogP contribution in [-0.2, 0) is 9.53 Å². The molecule has 5 nitrogen and oxygen atoms in total. The molecule has 0 atom stereocenters. The van der Waals surface area contributed by atoms with Gasteiger partial charge in [-0.25, -0.2) is 4.79 Å². The fourth-order valence-electron chi connectivity index (χ4n) is 2.36. The Labute approximate surface area is 128 Å². The van der Waals surface area contributed by atoms with Crippen molar-refractivity contribution >= 4 is 29.2 Å². The van der Waals surface area contributed by atoms with E-state index in [1.807, 2.05) is 0 Å². The number of carboxylic acid groups (broad SMARTS) is 1. The normalized spacial score (nSPS) is 15.7. The lowest BCUT2D eigenvalue weighted by Crippen LogP contribution is -2.18. The number of benzene rings is 1. The van der Waals surface area contributed by atoms with Gasteiger partial charge in [0.05, 0.1) is 10.6 Å². The summed E-state index contributed by atoms with van der Waals surface area (Å²) in [7, 11) is 0. The molecule has 1 aromatic carbocycles. The van der Waals surface area contributed by atoms with Gasteiger partial charge in [-0.2, -0.15) is 0 Å².